The fourth-order valence-corrected chi connectivity index (χ4v) is 3.01. The first kappa shape index (κ1) is 19.2. The van der Waals surface area contributed by atoms with Gasteiger partial charge < -0.3 is 9.47 Å². The molecule has 1 N–H and O–H groups in total. The van der Waals surface area contributed by atoms with E-state index in [4.69, 9.17) is 9.47 Å². The van der Waals surface area contributed by atoms with Gasteiger partial charge in [-0.25, -0.2) is 9.40 Å². The van der Waals surface area contributed by atoms with Crippen molar-refractivity contribution in [2.24, 2.45) is 0 Å². The quantitative estimate of drug-likeness (QED) is 0.514. The summed E-state index contributed by atoms with van der Waals surface area (Å²) in [5.74, 6) is -1.17. The van der Waals surface area contributed by atoms with Crippen LogP contribution in [0.3, 0.4) is 0 Å². The van der Waals surface area contributed by atoms with E-state index in [1.54, 1.807) is 54.6 Å². The molecule has 1 saturated heterocycles. The minimum absolute atomic E-state index is 0.0559. The molecule has 1 heterocycles. The Kier molecular flexibility index (Phi) is 5.17. The van der Waals surface area contributed by atoms with E-state index < -0.39 is 17.6 Å². The van der Waals surface area contributed by atoms with Gasteiger partial charge in [-0.3, -0.25) is 15.0 Å². The SMILES string of the molecule is COc1cc(F)c(Oc2ccccc2)cc1C=C1C(=O)NN(c2ccccc2)C1=O. The number of nitrogens with zero attached hydrogens (tertiary/aromatic N) is 1. The highest BCUT2D eigenvalue weighted by Gasteiger charge is 2.34. The van der Waals surface area contributed by atoms with Gasteiger partial charge >= 0.3 is 0 Å². The number of hydrogen-bond donors (Lipinski definition) is 1. The van der Waals surface area contributed by atoms with Crippen LogP contribution in [0.1, 0.15) is 5.56 Å². The van der Waals surface area contributed by atoms with Crippen LogP contribution < -0.4 is 19.9 Å². The van der Waals surface area contributed by atoms with Crippen LogP contribution in [0.25, 0.3) is 6.08 Å². The van der Waals surface area contributed by atoms with E-state index in [1.165, 1.54) is 19.3 Å². The van der Waals surface area contributed by atoms with Gasteiger partial charge in [0.2, 0.25) is 0 Å². The summed E-state index contributed by atoms with van der Waals surface area (Å²) in [4.78, 5) is 25.2. The number of ether oxygens (including phenoxy) is 2. The molecule has 4 rings (SSSR count). The zero-order valence-corrected chi connectivity index (χ0v) is 16.0. The normalized spacial score (nSPS) is 14.7. The van der Waals surface area contributed by atoms with Gasteiger partial charge in [0.15, 0.2) is 11.6 Å². The van der Waals surface area contributed by atoms with Crippen molar-refractivity contribution in [3.05, 3.63) is 89.8 Å². The fourth-order valence-electron chi connectivity index (χ4n) is 3.01. The summed E-state index contributed by atoms with van der Waals surface area (Å²) in [5.41, 5.74) is 3.28. The van der Waals surface area contributed by atoms with Gasteiger partial charge in [-0.05, 0) is 36.4 Å². The third-order valence-corrected chi connectivity index (χ3v) is 4.46. The van der Waals surface area contributed by atoms with Crippen molar-refractivity contribution < 1.29 is 23.5 Å². The third-order valence-electron chi connectivity index (χ3n) is 4.46. The minimum Gasteiger partial charge on any atom is -0.496 e. The third kappa shape index (κ3) is 3.73. The molecule has 0 aromatic heterocycles. The van der Waals surface area contributed by atoms with E-state index in [0.717, 1.165) is 11.1 Å². The Morgan fingerprint density at radius 3 is 2.27 bits per heavy atom. The Balaban J connectivity index is 1.70. The molecular weight excluding hydrogens is 387 g/mol. The zero-order valence-electron chi connectivity index (χ0n) is 16.0. The highest BCUT2D eigenvalue weighted by atomic mass is 19.1. The molecule has 0 saturated carbocycles. The summed E-state index contributed by atoms with van der Waals surface area (Å²) in [7, 11) is 1.38. The molecule has 1 aliphatic heterocycles. The molecule has 2 amide bonds. The summed E-state index contributed by atoms with van der Waals surface area (Å²) in [6, 6.07) is 20.0. The monoisotopic (exact) mass is 404 g/mol. The van der Waals surface area contributed by atoms with Gasteiger partial charge in [0, 0.05) is 11.6 Å². The van der Waals surface area contributed by atoms with Gasteiger partial charge in [-0.1, -0.05) is 36.4 Å². The zero-order chi connectivity index (χ0) is 21.1. The van der Waals surface area contributed by atoms with Crippen molar-refractivity contribution in [3.63, 3.8) is 0 Å². The average Bonchev–Trinajstić information content (AvgIpc) is 3.05. The molecule has 0 unspecified atom stereocenters. The van der Waals surface area contributed by atoms with E-state index in [1.807, 2.05) is 6.07 Å². The molecule has 0 atom stereocenters. The van der Waals surface area contributed by atoms with Crippen LogP contribution >= 0.6 is 0 Å². The highest BCUT2D eigenvalue weighted by molar-refractivity contribution is 6.31. The molecule has 150 valence electrons. The molecule has 0 spiro atoms. The van der Waals surface area contributed by atoms with E-state index in [0.29, 0.717) is 17.0 Å². The first-order valence-corrected chi connectivity index (χ1v) is 9.09. The number of halogens is 1. The van der Waals surface area contributed by atoms with Crippen molar-refractivity contribution in [2.75, 3.05) is 12.1 Å². The second kappa shape index (κ2) is 8.08. The van der Waals surface area contributed by atoms with Crippen LogP contribution in [0.5, 0.6) is 17.2 Å². The second-order valence-corrected chi connectivity index (χ2v) is 6.41. The largest absolute Gasteiger partial charge is 0.496 e. The number of amides is 2. The first-order valence-electron chi connectivity index (χ1n) is 9.09. The highest BCUT2D eigenvalue weighted by Crippen LogP contribution is 2.33. The fraction of sp³-hybridized carbons (Fsp3) is 0.0435. The Morgan fingerprint density at radius 2 is 1.60 bits per heavy atom. The van der Waals surface area contributed by atoms with Crippen LogP contribution in [0, 0.1) is 5.82 Å². The van der Waals surface area contributed by atoms with Crippen LogP contribution in [-0.4, -0.2) is 18.9 Å². The molecule has 0 bridgehead atoms. The lowest BCUT2D eigenvalue weighted by molar-refractivity contribution is -0.117. The maximum Gasteiger partial charge on any atom is 0.282 e. The number of anilines is 1. The van der Waals surface area contributed by atoms with Crippen LogP contribution in [0.15, 0.2) is 78.4 Å². The number of carbonyl (C=O) groups is 2. The first-order chi connectivity index (χ1) is 14.6. The molecule has 7 heteroatoms. The predicted molar refractivity (Wildman–Crippen MR) is 110 cm³/mol. The van der Waals surface area contributed by atoms with E-state index >= 15 is 0 Å². The minimum atomic E-state index is -0.633. The lowest BCUT2D eigenvalue weighted by Gasteiger charge is -2.14. The van der Waals surface area contributed by atoms with E-state index in [2.05, 4.69) is 5.43 Å². The second-order valence-electron chi connectivity index (χ2n) is 6.41. The van der Waals surface area contributed by atoms with Gasteiger partial charge in [-0.15, -0.1) is 0 Å². The van der Waals surface area contributed by atoms with Gasteiger partial charge in [-0.2, -0.15) is 0 Å². The smallest absolute Gasteiger partial charge is 0.282 e. The standard InChI is InChI=1S/C23H17FN2O4/c1-29-20-14-19(24)21(30-17-10-6-3-7-11-17)13-15(20)12-18-22(27)25-26(23(18)28)16-8-4-2-5-9-16/h2-14H,1H3,(H,25,27). The molecule has 0 radical (unpaired) electrons. The van der Waals surface area contributed by atoms with E-state index in [9.17, 15) is 14.0 Å². The summed E-state index contributed by atoms with van der Waals surface area (Å²) < 4.78 is 25.3. The number of methoxy groups -OCH3 is 1. The molecule has 3 aromatic carbocycles. The van der Waals surface area contributed by atoms with Gasteiger partial charge in [0.1, 0.15) is 17.1 Å². The van der Waals surface area contributed by atoms with Crippen molar-refractivity contribution in [2.45, 2.75) is 0 Å². The lowest BCUT2D eigenvalue weighted by Crippen LogP contribution is -2.35. The number of hydrogen-bond acceptors (Lipinski definition) is 4. The topological polar surface area (TPSA) is 67.9 Å². The average molecular weight is 404 g/mol. The van der Waals surface area contributed by atoms with E-state index in [-0.39, 0.29) is 17.1 Å². The number of rotatable bonds is 5. The van der Waals surface area contributed by atoms with Crippen molar-refractivity contribution in [1.82, 2.24) is 5.43 Å². The predicted octanol–water partition coefficient (Wildman–Crippen LogP) is 4.09. The molecular formula is C23H17FN2O4. The number of para-hydroxylation sites is 2. The van der Waals surface area contributed by atoms with Crippen LogP contribution in [-0.2, 0) is 9.59 Å². The van der Waals surface area contributed by atoms with Crippen LogP contribution in [0.2, 0.25) is 0 Å². The lowest BCUT2D eigenvalue weighted by atomic mass is 10.1. The number of hydrazine groups is 1. The molecule has 6 nitrogen and oxygen atoms in total. The number of nitrogens with one attached hydrogen (secondary N) is 1. The Bertz CT molecular complexity index is 1130. The maximum absolute atomic E-state index is 14.5. The van der Waals surface area contributed by atoms with Gasteiger partial charge in [0.25, 0.3) is 11.8 Å². The Hall–Kier alpha value is -4.13. The molecule has 3 aromatic rings. The molecule has 1 fully saturated rings. The van der Waals surface area contributed by atoms with Gasteiger partial charge in [0.05, 0.1) is 12.8 Å². The summed E-state index contributed by atoms with van der Waals surface area (Å²) in [6.45, 7) is 0. The number of carbonyl (C=O) groups excluding carboxylic acids is 2. The number of benzene rings is 3. The molecule has 1 aliphatic rings. The Morgan fingerprint density at radius 1 is 0.933 bits per heavy atom. The van der Waals surface area contributed by atoms with Crippen LogP contribution in [0.4, 0.5) is 10.1 Å². The summed E-state index contributed by atoms with van der Waals surface area (Å²) in [6.07, 6.45) is 1.36. The molecule has 0 aliphatic carbocycles. The summed E-state index contributed by atoms with van der Waals surface area (Å²) >= 11 is 0. The summed E-state index contributed by atoms with van der Waals surface area (Å²) in [5, 5.41) is 1.16. The van der Waals surface area contributed by atoms with Crippen molar-refractivity contribution in [1.29, 1.82) is 0 Å². The Labute approximate surface area is 172 Å². The van der Waals surface area contributed by atoms with Crippen molar-refractivity contribution in [3.8, 4) is 17.2 Å². The van der Waals surface area contributed by atoms with Crippen molar-refractivity contribution >= 4 is 23.6 Å². The maximum atomic E-state index is 14.5. The molecule has 30 heavy (non-hydrogen) atoms.